The largest absolute Gasteiger partial charge is 0.406 e. The van der Waals surface area contributed by atoms with Crippen LogP contribution in [0.3, 0.4) is 0 Å². The summed E-state index contributed by atoms with van der Waals surface area (Å²) in [6.45, 7) is -0.222. The van der Waals surface area contributed by atoms with Crippen molar-refractivity contribution in [3.63, 3.8) is 0 Å². The fourth-order valence-electron chi connectivity index (χ4n) is 3.35. The van der Waals surface area contributed by atoms with Crippen molar-refractivity contribution in [2.24, 2.45) is 0 Å². The molecule has 3 heterocycles. The van der Waals surface area contributed by atoms with Crippen molar-refractivity contribution in [2.45, 2.75) is 37.4 Å². The molecule has 2 fully saturated rings. The second-order valence-corrected chi connectivity index (χ2v) is 6.80. The molecule has 2 saturated heterocycles. The third-order valence-electron chi connectivity index (χ3n) is 4.54. The second kappa shape index (κ2) is 6.24. The lowest BCUT2D eigenvalue weighted by atomic mass is 9.90. The van der Waals surface area contributed by atoms with Crippen LogP contribution in [0, 0.1) is 0 Å². The summed E-state index contributed by atoms with van der Waals surface area (Å²) in [5.74, 6) is -1.01. The fraction of sp³-hybridized carbons (Fsp3) is 0.600. The van der Waals surface area contributed by atoms with Crippen LogP contribution in [0.25, 0.3) is 0 Å². The predicted octanol–water partition coefficient (Wildman–Crippen LogP) is 2.62. The first-order valence-electron chi connectivity index (χ1n) is 7.52. The number of hydrogen-bond donors (Lipinski definition) is 0. The van der Waals surface area contributed by atoms with E-state index in [-0.39, 0.29) is 6.42 Å². The molecule has 0 N–H and O–H groups in total. The van der Waals surface area contributed by atoms with Crippen molar-refractivity contribution < 1.29 is 22.8 Å². The van der Waals surface area contributed by atoms with Crippen LogP contribution in [0.5, 0.6) is 0 Å². The van der Waals surface area contributed by atoms with Gasteiger partial charge < -0.3 is 0 Å². The standard InChI is InChI=1S/C15H17F3N2O2S/c16-15(17,18)9-20-13(21)7-12(14(20)22)19-4-1-10(2-5-19)11-3-6-23-8-11/h3,6,8,10,12H,1-2,4-5,7,9H2. The number of halogens is 3. The molecule has 1 aromatic rings. The molecular weight excluding hydrogens is 329 g/mol. The molecule has 4 nitrogen and oxygen atoms in total. The van der Waals surface area contributed by atoms with Crippen LogP contribution in [-0.2, 0) is 9.59 Å². The molecule has 1 unspecified atom stereocenters. The van der Waals surface area contributed by atoms with E-state index in [0.29, 0.717) is 23.9 Å². The minimum Gasteiger partial charge on any atom is -0.291 e. The van der Waals surface area contributed by atoms with Gasteiger partial charge in [-0.15, -0.1) is 0 Å². The van der Waals surface area contributed by atoms with Crippen LogP contribution >= 0.6 is 11.3 Å². The van der Waals surface area contributed by atoms with E-state index < -0.39 is 30.6 Å². The Kier molecular flexibility index (Phi) is 4.46. The lowest BCUT2D eigenvalue weighted by Crippen LogP contribution is -2.47. The Balaban J connectivity index is 1.61. The molecule has 8 heteroatoms. The van der Waals surface area contributed by atoms with Gasteiger partial charge in [-0.05, 0) is 54.2 Å². The molecule has 2 aliphatic rings. The third kappa shape index (κ3) is 3.58. The second-order valence-electron chi connectivity index (χ2n) is 6.02. The molecule has 0 aliphatic carbocycles. The van der Waals surface area contributed by atoms with Gasteiger partial charge >= 0.3 is 6.18 Å². The van der Waals surface area contributed by atoms with Gasteiger partial charge in [0.05, 0.1) is 12.5 Å². The van der Waals surface area contributed by atoms with Gasteiger partial charge in [0.25, 0.3) is 0 Å². The summed E-state index contributed by atoms with van der Waals surface area (Å²) >= 11 is 1.64. The van der Waals surface area contributed by atoms with E-state index in [1.807, 2.05) is 10.3 Å². The number of rotatable bonds is 3. The van der Waals surface area contributed by atoms with Crippen LogP contribution in [0.1, 0.15) is 30.7 Å². The first-order chi connectivity index (χ1) is 10.8. The number of likely N-dealkylation sites (tertiary alicyclic amines) is 2. The van der Waals surface area contributed by atoms with Gasteiger partial charge in [0.2, 0.25) is 11.8 Å². The number of piperidine rings is 1. The van der Waals surface area contributed by atoms with Crippen molar-refractivity contribution in [3.05, 3.63) is 22.4 Å². The van der Waals surface area contributed by atoms with E-state index in [1.165, 1.54) is 5.56 Å². The van der Waals surface area contributed by atoms with Gasteiger partial charge in [-0.2, -0.15) is 24.5 Å². The Labute approximate surface area is 135 Å². The minimum absolute atomic E-state index is 0.141. The Morgan fingerprint density at radius 2 is 1.91 bits per heavy atom. The Morgan fingerprint density at radius 3 is 2.48 bits per heavy atom. The molecule has 0 saturated carbocycles. The molecular formula is C15H17F3N2O2S. The first-order valence-corrected chi connectivity index (χ1v) is 8.46. The number of hydrogen-bond acceptors (Lipinski definition) is 4. The molecule has 0 radical (unpaired) electrons. The smallest absolute Gasteiger partial charge is 0.291 e. The predicted molar refractivity (Wildman–Crippen MR) is 79.0 cm³/mol. The summed E-state index contributed by atoms with van der Waals surface area (Å²) in [6, 6.07) is 1.36. The number of imide groups is 1. The van der Waals surface area contributed by atoms with Crippen molar-refractivity contribution >= 4 is 23.2 Å². The first kappa shape index (κ1) is 16.4. The van der Waals surface area contributed by atoms with Crippen LogP contribution < -0.4 is 0 Å². The topological polar surface area (TPSA) is 40.6 Å². The van der Waals surface area contributed by atoms with Gasteiger partial charge in [-0.25, -0.2) is 0 Å². The van der Waals surface area contributed by atoms with Crippen molar-refractivity contribution in [1.82, 2.24) is 9.80 Å². The van der Waals surface area contributed by atoms with Crippen molar-refractivity contribution in [1.29, 1.82) is 0 Å². The zero-order valence-electron chi connectivity index (χ0n) is 12.4. The average Bonchev–Trinajstić information content (AvgIpc) is 3.10. The highest BCUT2D eigenvalue weighted by Gasteiger charge is 2.46. The molecule has 2 aliphatic heterocycles. The van der Waals surface area contributed by atoms with Crippen LogP contribution in [0.2, 0.25) is 0 Å². The number of thiophene rings is 1. The Hall–Kier alpha value is -1.41. The van der Waals surface area contributed by atoms with E-state index in [0.717, 1.165) is 12.8 Å². The molecule has 1 atom stereocenters. The molecule has 0 aromatic carbocycles. The minimum atomic E-state index is -4.55. The van der Waals surface area contributed by atoms with Crippen molar-refractivity contribution in [2.75, 3.05) is 19.6 Å². The number of alkyl halides is 3. The van der Waals surface area contributed by atoms with Gasteiger partial charge in [-0.3, -0.25) is 19.4 Å². The van der Waals surface area contributed by atoms with Crippen LogP contribution in [0.4, 0.5) is 13.2 Å². The summed E-state index contributed by atoms with van der Waals surface area (Å²) in [5.41, 5.74) is 1.28. The number of amides is 2. The van der Waals surface area contributed by atoms with Gasteiger partial charge in [0.1, 0.15) is 6.54 Å². The maximum absolute atomic E-state index is 12.5. The van der Waals surface area contributed by atoms with Crippen LogP contribution in [0.15, 0.2) is 16.8 Å². The molecule has 3 rings (SSSR count). The molecule has 126 valence electrons. The number of carbonyl (C=O) groups excluding carboxylic acids is 2. The van der Waals surface area contributed by atoms with Crippen molar-refractivity contribution in [3.8, 4) is 0 Å². The molecule has 0 bridgehead atoms. The highest BCUT2D eigenvalue weighted by atomic mass is 32.1. The average molecular weight is 346 g/mol. The van der Waals surface area contributed by atoms with Crippen LogP contribution in [-0.4, -0.2) is 53.5 Å². The number of nitrogens with zero attached hydrogens (tertiary/aromatic N) is 2. The molecule has 1 aromatic heterocycles. The molecule has 0 spiro atoms. The van der Waals surface area contributed by atoms with E-state index in [1.54, 1.807) is 11.3 Å². The summed E-state index contributed by atoms with van der Waals surface area (Å²) < 4.78 is 37.4. The zero-order valence-corrected chi connectivity index (χ0v) is 13.2. The summed E-state index contributed by atoms with van der Waals surface area (Å²) in [4.78, 5) is 26.1. The monoisotopic (exact) mass is 346 g/mol. The van der Waals surface area contributed by atoms with E-state index in [4.69, 9.17) is 0 Å². The van der Waals surface area contributed by atoms with Gasteiger partial charge in [0.15, 0.2) is 0 Å². The Morgan fingerprint density at radius 1 is 1.22 bits per heavy atom. The maximum atomic E-state index is 12.5. The normalized spacial score (nSPS) is 24.7. The van der Waals surface area contributed by atoms with E-state index in [9.17, 15) is 22.8 Å². The summed E-state index contributed by atoms with van der Waals surface area (Å²) in [6.07, 6.45) is -2.98. The lowest BCUT2D eigenvalue weighted by molar-refractivity contribution is -0.166. The fourth-order valence-corrected chi connectivity index (χ4v) is 4.09. The van der Waals surface area contributed by atoms with E-state index >= 15 is 0 Å². The lowest BCUT2D eigenvalue weighted by Gasteiger charge is -2.34. The quantitative estimate of drug-likeness (QED) is 0.790. The highest BCUT2D eigenvalue weighted by molar-refractivity contribution is 7.07. The molecule has 23 heavy (non-hydrogen) atoms. The highest BCUT2D eigenvalue weighted by Crippen LogP contribution is 2.32. The SMILES string of the molecule is O=C1CC(N2CCC(c3ccsc3)CC2)C(=O)N1CC(F)(F)F. The number of carbonyl (C=O) groups is 2. The summed E-state index contributed by atoms with van der Waals surface area (Å²) in [7, 11) is 0. The summed E-state index contributed by atoms with van der Waals surface area (Å²) in [5, 5.41) is 4.13. The molecule has 2 amide bonds. The third-order valence-corrected chi connectivity index (χ3v) is 5.24. The van der Waals surface area contributed by atoms with Gasteiger partial charge in [0, 0.05) is 0 Å². The maximum Gasteiger partial charge on any atom is 0.406 e. The van der Waals surface area contributed by atoms with Gasteiger partial charge in [-0.1, -0.05) is 0 Å². The Bertz CT molecular complexity index is 580. The zero-order chi connectivity index (χ0) is 16.6. The van der Waals surface area contributed by atoms with E-state index in [2.05, 4.69) is 11.4 Å².